The predicted molar refractivity (Wildman–Crippen MR) is 61.3 cm³/mol. The van der Waals surface area contributed by atoms with Gasteiger partial charge in [0.1, 0.15) is 5.82 Å². The number of aromatic nitrogens is 4. The summed E-state index contributed by atoms with van der Waals surface area (Å²) in [5.41, 5.74) is 0.879. The van der Waals surface area contributed by atoms with E-state index in [4.69, 9.17) is 11.6 Å². The molecule has 4 nitrogen and oxygen atoms in total. The number of hydrogen-bond donors (Lipinski definition) is 0. The zero-order chi connectivity index (χ0) is 11.0. The molecule has 0 saturated carbocycles. The highest BCUT2D eigenvalue weighted by atomic mass is 79.9. The second kappa shape index (κ2) is 3.90. The molecule has 0 bridgehead atoms. The van der Waals surface area contributed by atoms with E-state index in [2.05, 4.69) is 31.0 Å². The van der Waals surface area contributed by atoms with Crippen molar-refractivity contribution in [2.75, 3.05) is 0 Å². The number of nitrogens with zero attached hydrogens (tertiary/aromatic N) is 4. The van der Waals surface area contributed by atoms with Gasteiger partial charge in [-0.1, -0.05) is 11.6 Å². The standard InChI is InChI=1S/C9H8BrClN4/c1-5-8(10)9(14-6(2)13-5)15-4-7(11)3-12-15/h3-4H,1-2H3. The van der Waals surface area contributed by atoms with Crippen molar-refractivity contribution in [1.29, 1.82) is 0 Å². The monoisotopic (exact) mass is 286 g/mol. The molecule has 0 aromatic carbocycles. The summed E-state index contributed by atoms with van der Waals surface area (Å²) in [6, 6.07) is 0. The van der Waals surface area contributed by atoms with Gasteiger partial charge in [-0.2, -0.15) is 5.10 Å². The van der Waals surface area contributed by atoms with Crippen molar-refractivity contribution in [3.8, 4) is 5.82 Å². The summed E-state index contributed by atoms with van der Waals surface area (Å²) in [6.07, 6.45) is 3.27. The number of aryl methyl sites for hydroxylation is 2. The van der Waals surface area contributed by atoms with Gasteiger partial charge in [0.25, 0.3) is 0 Å². The number of halogens is 2. The quantitative estimate of drug-likeness (QED) is 0.810. The lowest BCUT2D eigenvalue weighted by Crippen LogP contribution is -2.04. The highest BCUT2D eigenvalue weighted by Gasteiger charge is 2.10. The van der Waals surface area contributed by atoms with Crippen LogP contribution in [0.4, 0.5) is 0 Å². The van der Waals surface area contributed by atoms with Crippen LogP contribution in [-0.4, -0.2) is 19.7 Å². The van der Waals surface area contributed by atoms with E-state index in [9.17, 15) is 0 Å². The molecule has 2 aromatic heterocycles. The molecule has 0 amide bonds. The Morgan fingerprint density at radius 1 is 1.33 bits per heavy atom. The zero-order valence-corrected chi connectivity index (χ0v) is 10.5. The maximum Gasteiger partial charge on any atom is 0.171 e. The normalized spacial score (nSPS) is 10.7. The predicted octanol–water partition coefficient (Wildman–Crippen LogP) is 2.70. The fourth-order valence-corrected chi connectivity index (χ4v) is 1.74. The van der Waals surface area contributed by atoms with E-state index in [1.54, 1.807) is 17.1 Å². The second-order valence-electron chi connectivity index (χ2n) is 3.10. The van der Waals surface area contributed by atoms with Crippen LogP contribution in [-0.2, 0) is 0 Å². The van der Waals surface area contributed by atoms with Crippen LogP contribution in [0.15, 0.2) is 16.9 Å². The molecule has 2 aromatic rings. The maximum absolute atomic E-state index is 5.80. The van der Waals surface area contributed by atoms with Gasteiger partial charge in [-0.05, 0) is 29.8 Å². The smallest absolute Gasteiger partial charge is 0.171 e. The first-order valence-corrected chi connectivity index (χ1v) is 5.46. The van der Waals surface area contributed by atoms with Gasteiger partial charge in [0.15, 0.2) is 5.82 Å². The van der Waals surface area contributed by atoms with Crippen molar-refractivity contribution in [2.24, 2.45) is 0 Å². The first kappa shape index (κ1) is 10.6. The Balaban J connectivity index is 2.62. The average molecular weight is 288 g/mol. The van der Waals surface area contributed by atoms with E-state index < -0.39 is 0 Å². The van der Waals surface area contributed by atoms with E-state index in [1.807, 2.05) is 13.8 Å². The summed E-state index contributed by atoms with van der Waals surface area (Å²) >= 11 is 9.23. The molecule has 0 atom stereocenters. The number of hydrogen-bond acceptors (Lipinski definition) is 3. The van der Waals surface area contributed by atoms with Gasteiger partial charge < -0.3 is 0 Å². The molecule has 0 N–H and O–H groups in total. The zero-order valence-electron chi connectivity index (χ0n) is 8.20. The third kappa shape index (κ3) is 2.03. The molecule has 2 rings (SSSR count). The van der Waals surface area contributed by atoms with Gasteiger partial charge in [-0.25, -0.2) is 14.6 Å². The molecule has 0 aliphatic carbocycles. The Bertz CT molecular complexity index is 509. The average Bonchev–Trinajstić information content (AvgIpc) is 2.58. The van der Waals surface area contributed by atoms with Gasteiger partial charge in [0, 0.05) is 0 Å². The van der Waals surface area contributed by atoms with Crippen LogP contribution in [0.3, 0.4) is 0 Å². The molecular formula is C9H8BrClN4. The summed E-state index contributed by atoms with van der Waals surface area (Å²) in [5, 5.41) is 4.67. The lowest BCUT2D eigenvalue weighted by Gasteiger charge is -2.06. The highest BCUT2D eigenvalue weighted by Crippen LogP contribution is 2.22. The molecule has 15 heavy (non-hydrogen) atoms. The van der Waals surface area contributed by atoms with Crippen LogP contribution in [0.2, 0.25) is 5.02 Å². The Kier molecular flexibility index (Phi) is 2.75. The molecule has 0 radical (unpaired) electrons. The Labute approximate surface area is 100 Å². The minimum Gasteiger partial charge on any atom is -0.237 e. The van der Waals surface area contributed by atoms with Crippen molar-refractivity contribution >= 4 is 27.5 Å². The van der Waals surface area contributed by atoms with Gasteiger partial charge in [0.2, 0.25) is 0 Å². The molecule has 0 aliphatic rings. The fourth-order valence-electron chi connectivity index (χ4n) is 1.25. The minimum absolute atomic E-state index is 0.579. The summed E-state index contributed by atoms with van der Waals surface area (Å²) in [6.45, 7) is 3.75. The Morgan fingerprint density at radius 3 is 2.67 bits per heavy atom. The third-order valence-corrected chi connectivity index (χ3v) is 3.00. The van der Waals surface area contributed by atoms with E-state index >= 15 is 0 Å². The summed E-state index contributed by atoms with van der Waals surface area (Å²) in [4.78, 5) is 8.53. The van der Waals surface area contributed by atoms with Crippen molar-refractivity contribution < 1.29 is 0 Å². The molecule has 0 fully saturated rings. The summed E-state index contributed by atoms with van der Waals surface area (Å²) in [5.74, 6) is 1.41. The second-order valence-corrected chi connectivity index (χ2v) is 4.33. The van der Waals surface area contributed by atoms with Crippen molar-refractivity contribution in [1.82, 2.24) is 19.7 Å². The molecule has 78 valence electrons. The van der Waals surface area contributed by atoms with Gasteiger partial charge in [-0.3, -0.25) is 0 Å². The van der Waals surface area contributed by atoms with E-state index in [0.717, 1.165) is 10.2 Å². The van der Waals surface area contributed by atoms with Gasteiger partial charge in [0.05, 0.1) is 27.6 Å². The number of rotatable bonds is 1. The minimum atomic E-state index is 0.579. The lowest BCUT2D eigenvalue weighted by molar-refractivity contribution is 0.814. The molecule has 0 spiro atoms. The molecular weight excluding hydrogens is 279 g/mol. The molecule has 2 heterocycles. The Hall–Kier alpha value is -0.940. The van der Waals surface area contributed by atoms with Crippen LogP contribution < -0.4 is 0 Å². The first-order valence-electron chi connectivity index (χ1n) is 4.29. The van der Waals surface area contributed by atoms with Crippen LogP contribution >= 0.6 is 27.5 Å². The summed E-state index contributed by atoms with van der Waals surface area (Å²) in [7, 11) is 0. The SMILES string of the molecule is Cc1nc(C)c(Br)c(-n2cc(Cl)cn2)n1. The summed E-state index contributed by atoms with van der Waals surface area (Å²) < 4.78 is 2.45. The topological polar surface area (TPSA) is 43.6 Å². The first-order chi connectivity index (χ1) is 7.08. The molecule has 0 saturated heterocycles. The van der Waals surface area contributed by atoms with E-state index in [-0.39, 0.29) is 0 Å². The van der Waals surface area contributed by atoms with E-state index in [0.29, 0.717) is 16.7 Å². The molecule has 6 heteroatoms. The van der Waals surface area contributed by atoms with Crippen LogP contribution in [0.5, 0.6) is 0 Å². The lowest BCUT2D eigenvalue weighted by atomic mass is 10.4. The van der Waals surface area contributed by atoms with Crippen molar-refractivity contribution in [2.45, 2.75) is 13.8 Å². The van der Waals surface area contributed by atoms with Crippen LogP contribution in [0, 0.1) is 13.8 Å². The maximum atomic E-state index is 5.80. The Morgan fingerprint density at radius 2 is 2.07 bits per heavy atom. The van der Waals surface area contributed by atoms with Gasteiger partial charge in [-0.15, -0.1) is 0 Å². The van der Waals surface area contributed by atoms with Crippen molar-refractivity contribution in [3.05, 3.63) is 33.4 Å². The molecule has 0 aliphatic heterocycles. The largest absolute Gasteiger partial charge is 0.237 e. The molecule has 0 unspecified atom stereocenters. The fraction of sp³-hybridized carbons (Fsp3) is 0.222. The van der Waals surface area contributed by atoms with E-state index in [1.165, 1.54) is 0 Å². The van der Waals surface area contributed by atoms with Crippen LogP contribution in [0.1, 0.15) is 11.5 Å². The van der Waals surface area contributed by atoms with Gasteiger partial charge >= 0.3 is 0 Å². The third-order valence-electron chi connectivity index (χ3n) is 1.88. The van der Waals surface area contributed by atoms with Crippen LogP contribution in [0.25, 0.3) is 5.82 Å². The highest BCUT2D eigenvalue weighted by molar-refractivity contribution is 9.10. The van der Waals surface area contributed by atoms with Crippen molar-refractivity contribution in [3.63, 3.8) is 0 Å².